The Kier molecular flexibility index (Phi) is 6.53. The van der Waals surface area contributed by atoms with Crippen molar-refractivity contribution < 1.29 is 14.3 Å². The summed E-state index contributed by atoms with van der Waals surface area (Å²) >= 11 is 0. The van der Waals surface area contributed by atoms with Crippen LogP contribution in [0.1, 0.15) is 17.5 Å². The van der Waals surface area contributed by atoms with E-state index in [4.69, 9.17) is 4.74 Å². The summed E-state index contributed by atoms with van der Waals surface area (Å²) in [6.45, 7) is 3.70. The largest absolute Gasteiger partial charge is 0.497 e. The molecule has 2 aromatic carbocycles. The highest BCUT2D eigenvalue weighted by Gasteiger charge is 2.30. The zero-order chi connectivity index (χ0) is 19.9. The van der Waals surface area contributed by atoms with Gasteiger partial charge in [0.15, 0.2) is 0 Å². The van der Waals surface area contributed by atoms with E-state index in [0.29, 0.717) is 26.1 Å². The van der Waals surface area contributed by atoms with E-state index in [-0.39, 0.29) is 17.9 Å². The standard InChI is InChI=1S/C22H27N3O3/c1-16-3-7-19(8-4-16)25-15-18(13-21(25)26)14-24-22(27)23-12-11-17-5-9-20(28-2)10-6-17/h3-10,18H,11-15H2,1-2H3,(H2,23,24,27)/t18-/m0/s1. The second kappa shape index (κ2) is 9.26. The van der Waals surface area contributed by atoms with Gasteiger partial charge in [-0.3, -0.25) is 4.79 Å². The molecule has 1 aliphatic rings. The molecular weight excluding hydrogens is 354 g/mol. The molecule has 28 heavy (non-hydrogen) atoms. The fourth-order valence-corrected chi connectivity index (χ4v) is 3.30. The number of anilines is 1. The Balaban J connectivity index is 1.38. The van der Waals surface area contributed by atoms with Crippen LogP contribution in [0.25, 0.3) is 0 Å². The summed E-state index contributed by atoms with van der Waals surface area (Å²) in [5.74, 6) is 1.05. The molecule has 3 amide bonds. The Morgan fingerprint density at radius 2 is 1.82 bits per heavy atom. The molecule has 0 bridgehead atoms. The first kappa shape index (κ1) is 19.7. The van der Waals surface area contributed by atoms with Crippen LogP contribution >= 0.6 is 0 Å². The minimum Gasteiger partial charge on any atom is -0.497 e. The molecule has 0 unspecified atom stereocenters. The first-order valence-electron chi connectivity index (χ1n) is 9.57. The number of nitrogens with zero attached hydrogens (tertiary/aromatic N) is 1. The van der Waals surface area contributed by atoms with E-state index in [1.165, 1.54) is 5.56 Å². The average Bonchev–Trinajstić information content (AvgIpc) is 3.08. The van der Waals surface area contributed by atoms with E-state index in [2.05, 4.69) is 10.6 Å². The topological polar surface area (TPSA) is 70.7 Å². The van der Waals surface area contributed by atoms with Crippen molar-refractivity contribution in [2.75, 3.05) is 31.6 Å². The number of amides is 3. The van der Waals surface area contributed by atoms with Crippen molar-refractivity contribution in [1.29, 1.82) is 0 Å². The number of hydrogen-bond donors (Lipinski definition) is 2. The molecule has 1 fully saturated rings. The predicted molar refractivity (Wildman–Crippen MR) is 110 cm³/mol. The third-order valence-corrected chi connectivity index (χ3v) is 4.96. The van der Waals surface area contributed by atoms with Crippen LogP contribution in [0.4, 0.5) is 10.5 Å². The first-order chi connectivity index (χ1) is 13.5. The van der Waals surface area contributed by atoms with Crippen molar-refractivity contribution in [2.24, 2.45) is 5.92 Å². The fraction of sp³-hybridized carbons (Fsp3) is 0.364. The van der Waals surface area contributed by atoms with Gasteiger partial charge in [-0.1, -0.05) is 29.8 Å². The SMILES string of the molecule is COc1ccc(CCNC(=O)NC[C@@H]2CC(=O)N(c3ccc(C)cc3)C2)cc1. The molecule has 0 spiro atoms. The van der Waals surface area contributed by atoms with Crippen LogP contribution in [-0.2, 0) is 11.2 Å². The minimum absolute atomic E-state index is 0.107. The Bertz CT molecular complexity index is 803. The predicted octanol–water partition coefficient (Wildman–Crippen LogP) is 2.90. The summed E-state index contributed by atoms with van der Waals surface area (Å²) in [7, 11) is 1.64. The number of ether oxygens (including phenoxy) is 1. The van der Waals surface area contributed by atoms with E-state index in [9.17, 15) is 9.59 Å². The van der Waals surface area contributed by atoms with Crippen molar-refractivity contribution in [3.63, 3.8) is 0 Å². The second-order valence-electron chi connectivity index (χ2n) is 7.14. The molecule has 1 atom stereocenters. The normalized spacial score (nSPS) is 16.1. The maximum Gasteiger partial charge on any atom is 0.314 e. The van der Waals surface area contributed by atoms with Crippen molar-refractivity contribution >= 4 is 17.6 Å². The molecule has 0 saturated carbocycles. The molecule has 2 aromatic rings. The van der Waals surface area contributed by atoms with E-state index in [1.54, 1.807) is 12.0 Å². The number of carbonyl (C=O) groups excluding carboxylic acids is 2. The minimum atomic E-state index is -0.199. The van der Waals surface area contributed by atoms with Crippen LogP contribution in [0.15, 0.2) is 48.5 Å². The molecule has 2 N–H and O–H groups in total. The molecule has 1 heterocycles. The van der Waals surface area contributed by atoms with Crippen LogP contribution in [0.3, 0.4) is 0 Å². The zero-order valence-electron chi connectivity index (χ0n) is 16.4. The van der Waals surface area contributed by atoms with Gasteiger partial charge in [0.1, 0.15) is 5.75 Å². The van der Waals surface area contributed by atoms with Crippen molar-refractivity contribution in [2.45, 2.75) is 19.8 Å². The molecule has 1 aliphatic heterocycles. The summed E-state index contributed by atoms with van der Waals surface area (Å²) in [6.07, 6.45) is 1.21. The summed E-state index contributed by atoms with van der Waals surface area (Å²) in [6, 6.07) is 15.5. The lowest BCUT2D eigenvalue weighted by Gasteiger charge is -2.17. The van der Waals surface area contributed by atoms with Gasteiger partial charge in [-0.15, -0.1) is 0 Å². The zero-order valence-corrected chi connectivity index (χ0v) is 16.4. The number of nitrogens with one attached hydrogen (secondary N) is 2. The summed E-state index contributed by atoms with van der Waals surface area (Å²) in [4.78, 5) is 26.1. The van der Waals surface area contributed by atoms with Gasteiger partial charge in [0.05, 0.1) is 7.11 Å². The maximum atomic E-state index is 12.3. The smallest absolute Gasteiger partial charge is 0.314 e. The van der Waals surface area contributed by atoms with Crippen LogP contribution in [0.5, 0.6) is 5.75 Å². The number of rotatable bonds is 7. The number of benzene rings is 2. The van der Waals surface area contributed by atoms with Crippen LogP contribution in [0.2, 0.25) is 0 Å². The highest BCUT2D eigenvalue weighted by Crippen LogP contribution is 2.24. The van der Waals surface area contributed by atoms with Gasteiger partial charge in [-0.05, 0) is 43.2 Å². The van der Waals surface area contributed by atoms with E-state index < -0.39 is 0 Å². The van der Waals surface area contributed by atoms with E-state index >= 15 is 0 Å². The molecule has 0 aliphatic carbocycles. The second-order valence-corrected chi connectivity index (χ2v) is 7.14. The highest BCUT2D eigenvalue weighted by atomic mass is 16.5. The molecule has 1 saturated heterocycles. The Morgan fingerprint density at radius 1 is 1.11 bits per heavy atom. The third-order valence-electron chi connectivity index (χ3n) is 4.96. The molecule has 3 rings (SSSR count). The van der Waals surface area contributed by atoms with Crippen molar-refractivity contribution in [1.82, 2.24) is 10.6 Å². The van der Waals surface area contributed by atoms with Crippen molar-refractivity contribution in [3.8, 4) is 5.75 Å². The maximum absolute atomic E-state index is 12.3. The number of aryl methyl sites for hydroxylation is 1. The quantitative estimate of drug-likeness (QED) is 0.775. The summed E-state index contributed by atoms with van der Waals surface area (Å²) in [5, 5.41) is 5.75. The molecule has 6 nitrogen and oxygen atoms in total. The lowest BCUT2D eigenvalue weighted by Crippen LogP contribution is -2.39. The average molecular weight is 381 g/mol. The Hall–Kier alpha value is -3.02. The highest BCUT2D eigenvalue weighted by molar-refractivity contribution is 5.95. The van der Waals surface area contributed by atoms with Gasteiger partial charge in [0.25, 0.3) is 0 Å². The first-order valence-corrected chi connectivity index (χ1v) is 9.57. The third kappa shape index (κ3) is 5.25. The molecule has 0 radical (unpaired) electrons. The van der Waals surface area contributed by atoms with Gasteiger partial charge in [-0.2, -0.15) is 0 Å². The van der Waals surface area contributed by atoms with Gasteiger partial charge >= 0.3 is 6.03 Å². The Morgan fingerprint density at radius 3 is 2.50 bits per heavy atom. The molecule has 148 valence electrons. The Labute approximate surface area is 165 Å². The monoisotopic (exact) mass is 381 g/mol. The summed E-state index contributed by atoms with van der Waals surface area (Å²) in [5.41, 5.74) is 3.22. The van der Waals surface area contributed by atoms with E-state index in [1.807, 2.05) is 55.5 Å². The number of urea groups is 1. The van der Waals surface area contributed by atoms with E-state index in [0.717, 1.165) is 23.4 Å². The van der Waals surface area contributed by atoms with Crippen LogP contribution in [0, 0.1) is 12.8 Å². The number of carbonyl (C=O) groups is 2. The molecule has 6 heteroatoms. The lowest BCUT2D eigenvalue weighted by molar-refractivity contribution is -0.117. The number of hydrogen-bond acceptors (Lipinski definition) is 3. The van der Waals surface area contributed by atoms with Crippen molar-refractivity contribution in [3.05, 3.63) is 59.7 Å². The fourth-order valence-electron chi connectivity index (χ4n) is 3.30. The van der Waals surface area contributed by atoms with Gasteiger partial charge in [0.2, 0.25) is 5.91 Å². The van der Waals surface area contributed by atoms with Gasteiger partial charge in [0, 0.05) is 37.7 Å². The number of methoxy groups -OCH3 is 1. The lowest BCUT2D eigenvalue weighted by atomic mass is 10.1. The molecule has 0 aromatic heterocycles. The van der Waals surface area contributed by atoms with Crippen LogP contribution < -0.4 is 20.3 Å². The summed E-state index contributed by atoms with van der Waals surface area (Å²) < 4.78 is 5.13. The van der Waals surface area contributed by atoms with Gasteiger partial charge in [-0.25, -0.2) is 4.79 Å². The molecular formula is C22H27N3O3. The van der Waals surface area contributed by atoms with Gasteiger partial charge < -0.3 is 20.3 Å². The van der Waals surface area contributed by atoms with Crippen LogP contribution in [-0.4, -0.2) is 38.7 Å².